The highest BCUT2D eigenvalue weighted by molar-refractivity contribution is 5.70. The van der Waals surface area contributed by atoms with Gasteiger partial charge in [0.05, 0.1) is 23.0 Å². The van der Waals surface area contributed by atoms with Gasteiger partial charge in [-0.2, -0.15) is 5.10 Å². The lowest BCUT2D eigenvalue weighted by Gasteiger charge is -2.28. The van der Waals surface area contributed by atoms with Crippen LogP contribution < -0.4 is 5.32 Å². The summed E-state index contributed by atoms with van der Waals surface area (Å²) < 4.78 is 0. The number of anilines is 1. The van der Waals surface area contributed by atoms with Crippen molar-refractivity contribution in [2.24, 2.45) is 5.92 Å². The minimum Gasteiger partial charge on any atom is -0.481 e. The number of aromatic amines is 1. The molecule has 5 heteroatoms. The summed E-state index contributed by atoms with van der Waals surface area (Å²) in [4.78, 5) is 11.0. The predicted molar refractivity (Wildman–Crippen MR) is 65.1 cm³/mol. The molecule has 1 saturated carbocycles. The number of hydrogen-bond acceptors (Lipinski definition) is 3. The average Bonchev–Trinajstić information content (AvgIpc) is 2.61. The fourth-order valence-electron chi connectivity index (χ4n) is 2.51. The Balaban J connectivity index is 2.02. The topological polar surface area (TPSA) is 78.0 Å². The lowest BCUT2D eigenvalue weighted by atomic mass is 9.85. The van der Waals surface area contributed by atoms with E-state index in [4.69, 9.17) is 5.11 Å². The van der Waals surface area contributed by atoms with Crippen LogP contribution in [0, 0.1) is 19.8 Å². The van der Waals surface area contributed by atoms with Crippen LogP contribution in [0.15, 0.2) is 0 Å². The maximum atomic E-state index is 11.0. The van der Waals surface area contributed by atoms with Gasteiger partial charge in [0.2, 0.25) is 0 Å². The first-order chi connectivity index (χ1) is 8.08. The quantitative estimate of drug-likeness (QED) is 0.752. The summed E-state index contributed by atoms with van der Waals surface area (Å²) in [5.74, 6) is -0.870. The van der Waals surface area contributed by atoms with Crippen LogP contribution in [0.1, 0.15) is 37.1 Å². The monoisotopic (exact) mass is 237 g/mol. The Labute approximate surface area is 101 Å². The number of hydrogen-bond donors (Lipinski definition) is 3. The highest BCUT2D eigenvalue weighted by atomic mass is 16.4. The lowest BCUT2D eigenvalue weighted by molar-refractivity contribution is -0.142. The zero-order valence-electron chi connectivity index (χ0n) is 10.3. The molecule has 17 heavy (non-hydrogen) atoms. The number of carboxylic acids is 1. The Bertz CT molecular complexity index is 394. The molecule has 1 aliphatic rings. The van der Waals surface area contributed by atoms with Gasteiger partial charge in [-0.1, -0.05) is 6.42 Å². The summed E-state index contributed by atoms with van der Waals surface area (Å²) in [6.07, 6.45) is 3.52. The first kappa shape index (κ1) is 12.0. The molecule has 2 atom stereocenters. The molecular formula is C12H19N3O2. The van der Waals surface area contributed by atoms with E-state index < -0.39 is 5.97 Å². The zero-order valence-corrected chi connectivity index (χ0v) is 10.3. The highest BCUT2D eigenvalue weighted by Gasteiger charge is 2.27. The van der Waals surface area contributed by atoms with Crippen LogP contribution in [0.4, 0.5) is 5.69 Å². The van der Waals surface area contributed by atoms with Crippen molar-refractivity contribution in [2.45, 2.75) is 45.6 Å². The molecule has 0 bridgehead atoms. The van der Waals surface area contributed by atoms with Gasteiger partial charge >= 0.3 is 5.97 Å². The van der Waals surface area contributed by atoms with Gasteiger partial charge in [-0.05, 0) is 33.1 Å². The smallest absolute Gasteiger partial charge is 0.306 e. The third kappa shape index (κ3) is 2.60. The number of rotatable bonds is 3. The lowest BCUT2D eigenvalue weighted by Crippen LogP contribution is -2.31. The summed E-state index contributed by atoms with van der Waals surface area (Å²) >= 11 is 0. The zero-order chi connectivity index (χ0) is 12.4. The van der Waals surface area contributed by atoms with Gasteiger partial charge in [-0.3, -0.25) is 9.89 Å². The van der Waals surface area contributed by atoms with E-state index in [1.54, 1.807) is 0 Å². The van der Waals surface area contributed by atoms with E-state index in [2.05, 4.69) is 15.5 Å². The molecule has 1 heterocycles. The normalized spacial score (nSPS) is 24.6. The minimum atomic E-state index is -0.669. The van der Waals surface area contributed by atoms with Crippen molar-refractivity contribution in [1.29, 1.82) is 0 Å². The first-order valence-electron chi connectivity index (χ1n) is 6.09. The Morgan fingerprint density at radius 1 is 1.47 bits per heavy atom. The molecule has 1 aliphatic carbocycles. The van der Waals surface area contributed by atoms with Crippen LogP contribution in [0.25, 0.3) is 0 Å². The number of aryl methyl sites for hydroxylation is 2. The number of carbonyl (C=O) groups is 1. The molecule has 0 aliphatic heterocycles. The molecule has 0 amide bonds. The van der Waals surface area contributed by atoms with Gasteiger partial charge in [-0.15, -0.1) is 0 Å². The van der Waals surface area contributed by atoms with Gasteiger partial charge in [0.1, 0.15) is 0 Å². The van der Waals surface area contributed by atoms with E-state index in [-0.39, 0.29) is 12.0 Å². The van der Waals surface area contributed by atoms with Crippen molar-refractivity contribution in [3.05, 3.63) is 11.4 Å². The second-order valence-electron chi connectivity index (χ2n) is 4.85. The number of aromatic nitrogens is 2. The molecule has 0 radical (unpaired) electrons. The van der Waals surface area contributed by atoms with E-state index in [1.165, 1.54) is 0 Å². The van der Waals surface area contributed by atoms with Crippen LogP contribution in [-0.2, 0) is 4.79 Å². The van der Waals surface area contributed by atoms with Gasteiger partial charge in [0, 0.05) is 6.04 Å². The second kappa shape index (κ2) is 4.77. The summed E-state index contributed by atoms with van der Waals surface area (Å²) in [6.45, 7) is 3.92. The number of nitrogens with one attached hydrogen (secondary N) is 2. The number of nitrogens with zero attached hydrogens (tertiary/aromatic N) is 1. The van der Waals surface area contributed by atoms with Crippen molar-refractivity contribution in [2.75, 3.05) is 5.32 Å². The SMILES string of the molecule is Cc1n[nH]c(C)c1NC1CCCC(C(=O)O)C1. The van der Waals surface area contributed by atoms with Gasteiger partial charge in [0.25, 0.3) is 0 Å². The fourth-order valence-corrected chi connectivity index (χ4v) is 2.51. The van der Waals surface area contributed by atoms with E-state index in [1.807, 2.05) is 13.8 Å². The van der Waals surface area contributed by atoms with E-state index in [0.717, 1.165) is 36.3 Å². The molecular weight excluding hydrogens is 218 g/mol. The van der Waals surface area contributed by atoms with Crippen LogP contribution in [0.5, 0.6) is 0 Å². The Kier molecular flexibility index (Phi) is 3.36. The molecule has 2 rings (SSSR count). The molecule has 5 nitrogen and oxygen atoms in total. The summed E-state index contributed by atoms with van der Waals surface area (Å²) in [6, 6.07) is 0.250. The number of aliphatic carboxylic acids is 1. The van der Waals surface area contributed by atoms with Crippen LogP contribution in [-0.4, -0.2) is 27.3 Å². The predicted octanol–water partition coefficient (Wildman–Crippen LogP) is 2.08. The molecule has 0 spiro atoms. The summed E-state index contributed by atoms with van der Waals surface area (Å²) in [5, 5.41) is 19.5. The van der Waals surface area contributed by atoms with Gasteiger partial charge < -0.3 is 10.4 Å². The van der Waals surface area contributed by atoms with Crippen LogP contribution >= 0.6 is 0 Å². The van der Waals surface area contributed by atoms with Crippen molar-refractivity contribution >= 4 is 11.7 Å². The fraction of sp³-hybridized carbons (Fsp3) is 0.667. The molecule has 1 fully saturated rings. The Hall–Kier alpha value is -1.52. The van der Waals surface area contributed by atoms with Crippen LogP contribution in [0.3, 0.4) is 0 Å². The third-order valence-electron chi connectivity index (χ3n) is 3.50. The minimum absolute atomic E-state index is 0.200. The van der Waals surface area contributed by atoms with E-state index >= 15 is 0 Å². The van der Waals surface area contributed by atoms with E-state index in [0.29, 0.717) is 6.42 Å². The standard InChI is InChI=1S/C12H19N3O2/c1-7-11(8(2)15-14-7)13-10-5-3-4-9(6-10)12(16)17/h9-10,13H,3-6H2,1-2H3,(H,14,15)(H,16,17). The van der Waals surface area contributed by atoms with Crippen molar-refractivity contribution < 1.29 is 9.90 Å². The van der Waals surface area contributed by atoms with Gasteiger partial charge in [0.15, 0.2) is 0 Å². The molecule has 0 aromatic carbocycles. The number of carboxylic acid groups (broad SMARTS) is 1. The van der Waals surface area contributed by atoms with Crippen molar-refractivity contribution in [3.8, 4) is 0 Å². The maximum Gasteiger partial charge on any atom is 0.306 e. The number of H-pyrrole nitrogens is 1. The molecule has 2 unspecified atom stereocenters. The first-order valence-corrected chi connectivity index (χ1v) is 6.09. The van der Waals surface area contributed by atoms with Crippen LogP contribution in [0.2, 0.25) is 0 Å². The molecule has 1 aromatic heterocycles. The summed E-state index contributed by atoms with van der Waals surface area (Å²) in [7, 11) is 0. The third-order valence-corrected chi connectivity index (χ3v) is 3.50. The Morgan fingerprint density at radius 2 is 2.24 bits per heavy atom. The highest BCUT2D eigenvalue weighted by Crippen LogP contribution is 2.28. The molecule has 0 saturated heterocycles. The maximum absolute atomic E-state index is 11.0. The summed E-state index contributed by atoms with van der Waals surface area (Å²) in [5.41, 5.74) is 2.99. The molecule has 3 N–H and O–H groups in total. The van der Waals surface area contributed by atoms with E-state index in [9.17, 15) is 4.79 Å². The molecule has 94 valence electrons. The van der Waals surface area contributed by atoms with Crippen molar-refractivity contribution in [3.63, 3.8) is 0 Å². The Morgan fingerprint density at radius 3 is 2.82 bits per heavy atom. The largest absolute Gasteiger partial charge is 0.481 e. The van der Waals surface area contributed by atoms with Gasteiger partial charge in [-0.25, -0.2) is 0 Å². The van der Waals surface area contributed by atoms with Crippen molar-refractivity contribution in [1.82, 2.24) is 10.2 Å². The second-order valence-corrected chi connectivity index (χ2v) is 4.85. The molecule has 1 aromatic rings. The average molecular weight is 237 g/mol.